The molecule has 0 heterocycles. The summed E-state index contributed by atoms with van der Waals surface area (Å²) in [6.45, 7) is 1.08. The molecule has 0 bridgehead atoms. The summed E-state index contributed by atoms with van der Waals surface area (Å²) in [6, 6.07) is 9.66. The molecule has 0 unspecified atom stereocenters. The summed E-state index contributed by atoms with van der Waals surface area (Å²) >= 11 is 0. The van der Waals surface area contributed by atoms with Gasteiger partial charge in [-0.15, -0.1) is 0 Å². The highest BCUT2D eigenvalue weighted by Gasteiger charge is 2.29. The predicted molar refractivity (Wildman–Crippen MR) is 123 cm³/mol. The van der Waals surface area contributed by atoms with Crippen molar-refractivity contribution in [3.8, 4) is 5.75 Å². The summed E-state index contributed by atoms with van der Waals surface area (Å²) in [5.41, 5.74) is 0.685. The van der Waals surface area contributed by atoms with Crippen LogP contribution in [-0.2, 0) is 24.8 Å². The first-order chi connectivity index (χ1) is 15.5. The van der Waals surface area contributed by atoms with Crippen LogP contribution in [0.3, 0.4) is 0 Å². The zero-order valence-electron chi connectivity index (χ0n) is 18.5. The van der Waals surface area contributed by atoms with Gasteiger partial charge in [-0.3, -0.25) is 4.72 Å². The molecule has 11 heteroatoms. The van der Waals surface area contributed by atoms with Crippen LogP contribution < -0.4 is 9.46 Å². The molecular formula is C22H28N2O7S2. The number of sulfonamides is 2. The molecule has 3 rings (SSSR count). The van der Waals surface area contributed by atoms with E-state index in [2.05, 4.69) is 4.72 Å². The quantitative estimate of drug-likeness (QED) is 0.545. The Morgan fingerprint density at radius 1 is 1.03 bits per heavy atom. The van der Waals surface area contributed by atoms with E-state index in [-0.39, 0.29) is 27.3 Å². The molecule has 1 aliphatic rings. The van der Waals surface area contributed by atoms with Crippen molar-refractivity contribution < 1.29 is 31.5 Å². The first-order valence-electron chi connectivity index (χ1n) is 10.6. The average Bonchev–Trinajstić information content (AvgIpc) is 2.78. The smallest absolute Gasteiger partial charge is 0.341 e. The SMILES string of the molecule is Cc1cc(S(=O)(=O)Nc2ccc(S(=O)(=O)N(C)C3CCCCC3)cc2)ccc1OCC(=O)O. The Morgan fingerprint density at radius 2 is 1.64 bits per heavy atom. The average molecular weight is 497 g/mol. The van der Waals surface area contributed by atoms with Crippen molar-refractivity contribution in [3.63, 3.8) is 0 Å². The Bertz CT molecular complexity index is 1200. The minimum Gasteiger partial charge on any atom is -0.482 e. The molecule has 1 saturated carbocycles. The van der Waals surface area contributed by atoms with E-state index in [1.54, 1.807) is 14.0 Å². The van der Waals surface area contributed by atoms with Crippen molar-refractivity contribution in [2.45, 2.75) is 54.9 Å². The molecule has 0 spiro atoms. The van der Waals surface area contributed by atoms with Gasteiger partial charge in [-0.2, -0.15) is 4.31 Å². The van der Waals surface area contributed by atoms with Crippen molar-refractivity contribution in [2.24, 2.45) is 0 Å². The van der Waals surface area contributed by atoms with Gasteiger partial charge in [-0.05, 0) is 67.8 Å². The van der Waals surface area contributed by atoms with Gasteiger partial charge in [0.1, 0.15) is 5.75 Å². The van der Waals surface area contributed by atoms with Crippen LogP contribution in [0.15, 0.2) is 52.3 Å². The first-order valence-corrected chi connectivity index (χ1v) is 13.5. The van der Waals surface area contributed by atoms with E-state index in [0.717, 1.165) is 32.1 Å². The monoisotopic (exact) mass is 496 g/mol. The van der Waals surface area contributed by atoms with Gasteiger partial charge in [0.2, 0.25) is 10.0 Å². The lowest BCUT2D eigenvalue weighted by molar-refractivity contribution is -0.139. The fraction of sp³-hybridized carbons (Fsp3) is 0.409. The number of ether oxygens (including phenoxy) is 1. The van der Waals surface area contributed by atoms with Crippen LogP contribution in [0.2, 0.25) is 0 Å². The number of hydrogen-bond donors (Lipinski definition) is 2. The van der Waals surface area contributed by atoms with Crippen molar-refractivity contribution in [1.29, 1.82) is 0 Å². The molecule has 9 nitrogen and oxygen atoms in total. The lowest BCUT2D eigenvalue weighted by Gasteiger charge is -2.30. The molecule has 1 aliphatic carbocycles. The molecule has 2 aromatic rings. The molecule has 0 radical (unpaired) electrons. The van der Waals surface area contributed by atoms with Gasteiger partial charge in [-0.25, -0.2) is 21.6 Å². The molecule has 0 saturated heterocycles. The molecule has 1 fully saturated rings. The summed E-state index contributed by atoms with van der Waals surface area (Å²) in [5.74, 6) is -0.865. The highest BCUT2D eigenvalue weighted by molar-refractivity contribution is 7.92. The van der Waals surface area contributed by atoms with E-state index in [1.165, 1.54) is 46.8 Å². The Balaban J connectivity index is 1.73. The topological polar surface area (TPSA) is 130 Å². The normalized spacial score (nSPS) is 15.4. The Kier molecular flexibility index (Phi) is 7.65. The second kappa shape index (κ2) is 10.1. The lowest BCUT2D eigenvalue weighted by atomic mass is 9.96. The van der Waals surface area contributed by atoms with E-state index in [0.29, 0.717) is 5.56 Å². The zero-order valence-corrected chi connectivity index (χ0v) is 20.2. The van der Waals surface area contributed by atoms with E-state index in [4.69, 9.17) is 9.84 Å². The lowest BCUT2D eigenvalue weighted by Crippen LogP contribution is -2.38. The summed E-state index contributed by atoms with van der Waals surface area (Å²) in [5, 5.41) is 8.71. The van der Waals surface area contributed by atoms with Crippen molar-refractivity contribution in [2.75, 3.05) is 18.4 Å². The minimum atomic E-state index is -3.95. The van der Waals surface area contributed by atoms with Crippen LogP contribution in [0.1, 0.15) is 37.7 Å². The fourth-order valence-electron chi connectivity index (χ4n) is 3.81. The summed E-state index contributed by atoms with van der Waals surface area (Å²) < 4.78 is 60.4. The van der Waals surface area contributed by atoms with Crippen molar-refractivity contribution >= 4 is 31.7 Å². The van der Waals surface area contributed by atoms with Crippen molar-refractivity contribution in [1.82, 2.24) is 4.31 Å². The largest absolute Gasteiger partial charge is 0.482 e. The maximum absolute atomic E-state index is 13.0. The zero-order chi connectivity index (χ0) is 24.2. The summed E-state index contributed by atoms with van der Waals surface area (Å²) in [6.07, 6.45) is 4.83. The minimum absolute atomic E-state index is 0.0207. The van der Waals surface area contributed by atoms with E-state index in [9.17, 15) is 21.6 Å². The summed E-state index contributed by atoms with van der Waals surface area (Å²) in [7, 11) is -6.03. The number of carboxylic acids is 1. The van der Waals surface area contributed by atoms with Gasteiger partial charge in [0.15, 0.2) is 6.61 Å². The molecule has 0 atom stereocenters. The number of aryl methyl sites for hydroxylation is 1. The van der Waals surface area contributed by atoms with E-state index < -0.39 is 32.6 Å². The van der Waals surface area contributed by atoms with Crippen LogP contribution >= 0.6 is 0 Å². The van der Waals surface area contributed by atoms with Gasteiger partial charge in [0.25, 0.3) is 10.0 Å². The standard InChI is InChI=1S/C22H28N2O7S2/c1-16-14-20(12-13-21(16)31-15-22(25)26)32(27,28)23-17-8-10-19(11-9-17)33(29,30)24(2)18-6-4-3-5-7-18/h8-14,18,23H,3-7,15H2,1-2H3,(H,25,26). The number of aliphatic carboxylic acids is 1. The third kappa shape index (κ3) is 6.04. The molecule has 0 aliphatic heterocycles. The Labute approximate surface area is 194 Å². The highest BCUT2D eigenvalue weighted by Crippen LogP contribution is 2.28. The second-order valence-corrected chi connectivity index (χ2v) is 11.7. The highest BCUT2D eigenvalue weighted by atomic mass is 32.2. The maximum Gasteiger partial charge on any atom is 0.341 e. The summed E-state index contributed by atoms with van der Waals surface area (Å²) in [4.78, 5) is 10.7. The van der Waals surface area contributed by atoms with E-state index >= 15 is 0 Å². The van der Waals surface area contributed by atoms with Gasteiger partial charge >= 0.3 is 5.97 Å². The second-order valence-electron chi connectivity index (χ2n) is 8.05. The number of carboxylic acid groups (broad SMARTS) is 1. The molecule has 33 heavy (non-hydrogen) atoms. The number of rotatable bonds is 9. The third-order valence-electron chi connectivity index (χ3n) is 5.68. The molecule has 180 valence electrons. The van der Waals surface area contributed by atoms with Crippen LogP contribution in [0.4, 0.5) is 5.69 Å². The first kappa shape index (κ1) is 25.0. The van der Waals surface area contributed by atoms with Crippen LogP contribution in [-0.4, -0.2) is 51.9 Å². The molecule has 0 amide bonds. The molecule has 2 aromatic carbocycles. The number of carbonyl (C=O) groups is 1. The molecule has 0 aromatic heterocycles. The van der Waals surface area contributed by atoms with Crippen molar-refractivity contribution in [3.05, 3.63) is 48.0 Å². The number of benzene rings is 2. The fourth-order valence-corrected chi connectivity index (χ4v) is 6.37. The molecule has 2 N–H and O–H groups in total. The maximum atomic E-state index is 13.0. The molecular weight excluding hydrogens is 468 g/mol. The Morgan fingerprint density at radius 3 is 2.21 bits per heavy atom. The Hall–Kier alpha value is -2.63. The van der Waals surface area contributed by atoms with E-state index in [1.807, 2.05) is 0 Å². The third-order valence-corrected chi connectivity index (χ3v) is 8.98. The number of nitrogens with one attached hydrogen (secondary N) is 1. The van der Waals surface area contributed by atoms with Crippen LogP contribution in [0.5, 0.6) is 5.75 Å². The van der Waals surface area contributed by atoms with Gasteiger partial charge < -0.3 is 9.84 Å². The van der Waals surface area contributed by atoms with Gasteiger partial charge in [0.05, 0.1) is 9.79 Å². The van der Waals surface area contributed by atoms with Crippen LogP contribution in [0, 0.1) is 6.92 Å². The van der Waals surface area contributed by atoms with Gasteiger partial charge in [0, 0.05) is 18.8 Å². The van der Waals surface area contributed by atoms with Gasteiger partial charge in [-0.1, -0.05) is 19.3 Å². The van der Waals surface area contributed by atoms with Crippen LogP contribution in [0.25, 0.3) is 0 Å². The predicted octanol–water partition coefficient (Wildman–Crippen LogP) is 3.21. The number of hydrogen-bond acceptors (Lipinski definition) is 6. The number of anilines is 1. The number of nitrogens with zero attached hydrogens (tertiary/aromatic N) is 1.